The summed E-state index contributed by atoms with van der Waals surface area (Å²) in [6.45, 7) is 2.59. The standard InChI is InChI=1S/C21H27N5O2/c1-13-16-4-2-3-5-17(16)24-20(23-13)10-11-22-21(28)19-12-18(25-26-19)14-6-8-15(27)9-7-14/h6-9,18-19,25-27H,2-5,10-12H2,1H3,(H,22,28). The number of rotatable bonds is 5. The van der Waals surface area contributed by atoms with Crippen LogP contribution in [0.5, 0.6) is 5.75 Å². The van der Waals surface area contributed by atoms with Gasteiger partial charge in [-0.05, 0) is 62.3 Å². The summed E-state index contributed by atoms with van der Waals surface area (Å²) in [6.07, 6.45) is 5.84. The van der Waals surface area contributed by atoms with Crippen molar-refractivity contribution >= 4 is 5.91 Å². The zero-order chi connectivity index (χ0) is 19.5. The number of carbonyl (C=O) groups excluding carboxylic acids is 1. The molecule has 4 rings (SSSR count). The Morgan fingerprint density at radius 3 is 2.79 bits per heavy atom. The van der Waals surface area contributed by atoms with Gasteiger partial charge in [-0.1, -0.05) is 12.1 Å². The molecule has 0 spiro atoms. The second-order valence-corrected chi connectivity index (χ2v) is 7.62. The molecule has 1 aliphatic heterocycles. The van der Waals surface area contributed by atoms with Gasteiger partial charge in [-0.3, -0.25) is 4.79 Å². The molecule has 2 aromatic rings. The maximum absolute atomic E-state index is 12.5. The summed E-state index contributed by atoms with van der Waals surface area (Å²) in [4.78, 5) is 21.8. The lowest BCUT2D eigenvalue weighted by Crippen LogP contribution is -2.43. The molecule has 2 unspecified atom stereocenters. The predicted octanol–water partition coefficient (Wildman–Crippen LogP) is 1.64. The van der Waals surface area contributed by atoms with Crippen molar-refractivity contribution in [1.29, 1.82) is 0 Å². The number of fused-ring (bicyclic) bond motifs is 1. The number of hydrazine groups is 1. The van der Waals surface area contributed by atoms with E-state index in [1.165, 1.54) is 24.1 Å². The van der Waals surface area contributed by atoms with Crippen LogP contribution in [0, 0.1) is 6.92 Å². The van der Waals surface area contributed by atoms with Crippen molar-refractivity contribution in [2.45, 2.75) is 57.5 Å². The summed E-state index contributed by atoms with van der Waals surface area (Å²) in [7, 11) is 0. The molecule has 2 atom stereocenters. The number of hydrogen-bond acceptors (Lipinski definition) is 6. The van der Waals surface area contributed by atoms with E-state index in [0.717, 1.165) is 29.9 Å². The largest absolute Gasteiger partial charge is 0.508 e. The third kappa shape index (κ3) is 4.15. The number of aromatic nitrogens is 2. The molecule has 1 saturated heterocycles. The third-order valence-corrected chi connectivity index (χ3v) is 5.60. The third-order valence-electron chi connectivity index (χ3n) is 5.60. The van der Waals surface area contributed by atoms with E-state index in [1.807, 2.05) is 12.1 Å². The number of nitrogens with one attached hydrogen (secondary N) is 3. The van der Waals surface area contributed by atoms with Crippen LogP contribution >= 0.6 is 0 Å². The van der Waals surface area contributed by atoms with Crippen molar-refractivity contribution in [3.05, 3.63) is 52.6 Å². The number of nitrogens with zero attached hydrogens (tertiary/aromatic N) is 2. The minimum atomic E-state index is -0.287. The Morgan fingerprint density at radius 2 is 1.96 bits per heavy atom. The molecule has 4 N–H and O–H groups in total. The van der Waals surface area contributed by atoms with Crippen molar-refractivity contribution in [1.82, 2.24) is 26.1 Å². The van der Waals surface area contributed by atoms with Gasteiger partial charge in [-0.25, -0.2) is 20.8 Å². The summed E-state index contributed by atoms with van der Waals surface area (Å²) >= 11 is 0. The van der Waals surface area contributed by atoms with Crippen molar-refractivity contribution in [3.63, 3.8) is 0 Å². The molecule has 2 heterocycles. The fraction of sp³-hybridized carbons (Fsp3) is 0.476. The fourth-order valence-corrected chi connectivity index (χ4v) is 4.03. The molecule has 28 heavy (non-hydrogen) atoms. The van der Waals surface area contributed by atoms with E-state index >= 15 is 0 Å². The van der Waals surface area contributed by atoms with Crippen molar-refractivity contribution in [3.8, 4) is 5.75 Å². The summed E-state index contributed by atoms with van der Waals surface area (Å²) in [5.74, 6) is 1.03. The Labute approximate surface area is 165 Å². The molecule has 2 aliphatic rings. The molecule has 7 nitrogen and oxygen atoms in total. The monoisotopic (exact) mass is 381 g/mol. The van der Waals surface area contributed by atoms with E-state index < -0.39 is 0 Å². The Morgan fingerprint density at radius 1 is 1.18 bits per heavy atom. The maximum Gasteiger partial charge on any atom is 0.238 e. The van der Waals surface area contributed by atoms with Gasteiger partial charge in [0.25, 0.3) is 0 Å². The van der Waals surface area contributed by atoms with Gasteiger partial charge in [0.05, 0.1) is 0 Å². The lowest BCUT2D eigenvalue weighted by molar-refractivity contribution is -0.122. The molecular formula is C21H27N5O2. The summed E-state index contributed by atoms with van der Waals surface area (Å²) in [5, 5.41) is 12.4. The molecule has 0 bridgehead atoms. The van der Waals surface area contributed by atoms with Crippen LogP contribution in [0.25, 0.3) is 0 Å². The average Bonchev–Trinajstić information content (AvgIpc) is 3.19. The van der Waals surface area contributed by atoms with E-state index in [1.54, 1.807) is 12.1 Å². The lowest BCUT2D eigenvalue weighted by atomic mass is 9.95. The van der Waals surface area contributed by atoms with Crippen LogP contribution in [-0.2, 0) is 24.1 Å². The Bertz CT molecular complexity index is 853. The molecule has 1 amide bonds. The van der Waals surface area contributed by atoms with Crippen LogP contribution < -0.4 is 16.2 Å². The van der Waals surface area contributed by atoms with E-state index in [4.69, 9.17) is 4.98 Å². The first kappa shape index (κ1) is 18.8. The molecule has 1 fully saturated rings. The second-order valence-electron chi connectivity index (χ2n) is 7.62. The van der Waals surface area contributed by atoms with Gasteiger partial charge in [0, 0.05) is 30.4 Å². The second kappa shape index (κ2) is 8.24. The highest BCUT2D eigenvalue weighted by molar-refractivity contribution is 5.82. The van der Waals surface area contributed by atoms with Crippen LogP contribution in [-0.4, -0.2) is 33.6 Å². The van der Waals surface area contributed by atoms with Gasteiger partial charge in [0.2, 0.25) is 5.91 Å². The van der Waals surface area contributed by atoms with Crippen LogP contribution in [0.3, 0.4) is 0 Å². The molecule has 1 aromatic carbocycles. The highest BCUT2D eigenvalue weighted by atomic mass is 16.3. The average molecular weight is 381 g/mol. The Hall–Kier alpha value is -2.51. The lowest BCUT2D eigenvalue weighted by Gasteiger charge is -2.17. The number of phenols is 1. The number of aryl methyl sites for hydroxylation is 2. The van der Waals surface area contributed by atoms with Gasteiger partial charge >= 0.3 is 0 Å². The minimum absolute atomic E-state index is 0.0246. The molecule has 0 saturated carbocycles. The quantitative estimate of drug-likeness (QED) is 0.628. The van der Waals surface area contributed by atoms with Gasteiger partial charge in [0.15, 0.2) is 0 Å². The molecule has 0 radical (unpaired) electrons. The van der Waals surface area contributed by atoms with Crippen molar-refractivity contribution in [2.24, 2.45) is 0 Å². The molecule has 1 aromatic heterocycles. The number of amides is 1. The van der Waals surface area contributed by atoms with Gasteiger partial charge in [-0.15, -0.1) is 0 Å². The highest BCUT2D eigenvalue weighted by Crippen LogP contribution is 2.24. The number of aromatic hydroxyl groups is 1. The first-order valence-corrected chi connectivity index (χ1v) is 10.0. The Balaban J connectivity index is 1.28. The summed E-state index contributed by atoms with van der Waals surface area (Å²) in [5.41, 5.74) is 10.9. The normalized spacial score (nSPS) is 21.3. The zero-order valence-electron chi connectivity index (χ0n) is 16.2. The number of benzene rings is 1. The first-order valence-electron chi connectivity index (χ1n) is 10.0. The molecular weight excluding hydrogens is 354 g/mol. The summed E-state index contributed by atoms with van der Waals surface area (Å²) in [6, 6.07) is 6.80. The van der Waals surface area contributed by atoms with Gasteiger partial charge in [0.1, 0.15) is 17.6 Å². The maximum atomic E-state index is 12.5. The predicted molar refractivity (Wildman–Crippen MR) is 106 cm³/mol. The zero-order valence-corrected chi connectivity index (χ0v) is 16.2. The molecule has 7 heteroatoms. The molecule has 1 aliphatic carbocycles. The molecule has 148 valence electrons. The first-order chi connectivity index (χ1) is 13.6. The fourth-order valence-electron chi connectivity index (χ4n) is 4.03. The SMILES string of the molecule is Cc1nc(CCNC(=O)C2CC(c3ccc(O)cc3)NN2)nc2c1CCCC2. The van der Waals surface area contributed by atoms with Crippen LogP contribution in [0.1, 0.15) is 53.6 Å². The number of phenolic OH excluding ortho intramolecular Hbond substituents is 1. The number of carbonyl (C=O) groups is 1. The number of hydrogen-bond donors (Lipinski definition) is 4. The van der Waals surface area contributed by atoms with Crippen LogP contribution in [0.4, 0.5) is 0 Å². The smallest absolute Gasteiger partial charge is 0.238 e. The van der Waals surface area contributed by atoms with Crippen LogP contribution in [0.15, 0.2) is 24.3 Å². The topological polar surface area (TPSA) is 99.2 Å². The van der Waals surface area contributed by atoms with E-state index in [2.05, 4.69) is 28.1 Å². The van der Waals surface area contributed by atoms with E-state index in [0.29, 0.717) is 19.4 Å². The van der Waals surface area contributed by atoms with Crippen LogP contribution in [0.2, 0.25) is 0 Å². The van der Waals surface area contributed by atoms with E-state index in [9.17, 15) is 9.90 Å². The highest BCUT2D eigenvalue weighted by Gasteiger charge is 2.29. The Kier molecular flexibility index (Phi) is 5.54. The van der Waals surface area contributed by atoms with Gasteiger partial charge < -0.3 is 10.4 Å². The van der Waals surface area contributed by atoms with Crippen molar-refractivity contribution < 1.29 is 9.90 Å². The van der Waals surface area contributed by atoms with Crippen molar-refractivity contribution in [2.75, 3.05) is 6.54 Å². The summed E-state index contributed by atoms with van der Waals surface area (Å²) < 4.78 is 0. The van der Waals surface area contributed by atoms with E-state index in [-0.39, 0.29) is 23.7 Å². The van der Waals surface area contributed by atoms with Gasteiger partial charge in [-0.2, -0.15) is 0 Å². The minimum Gasteiger partial charge on any atom is -0.508 e.